The van der Waals surface area contributed by atoms with E-state index in [1.165, 1.54) is 11.8 Å². The number of amides is 1. The predicted molar refractivity (Wildman–Crippen MR) is 81.9 cm³/mol. The zero-order valence-corrected chi connectivity index (χ0v) is 12.5. The number of hydrazone groups is 1. The molecule has 0 saturated carbocycles. The number of fused-ring (bicyclic) bond motifs is 1. The number of rotatable bonds is 5. The molecule has 6 heteroatoms. The Hall–Kier alpha value is -1.40. The lowest BCUT2D eigenvalue weighted by molar-refractivity contribution is -0.118. The molecule has 0 saturated heterocycles. The maximum atomic E-state index is 11.6. The number of nitrogens with one attached hydrogen (secondary N) is 1. The lowest BCUT2D eigenvalue weighted by atomic mass is 10.3. The van der Waals surface area contributed by atoms with Crippen molar-refractivity contribution in [2.75, 3.05) is 5.75 Å². The largest absolute Gasteiger partial charge is 0.272 e. The Morgan fingerprint density at radius 3 is 3.00 bits per heavy atom. The van der Waals surface area contributed by atoms with Gasteiger partial charge in [0.25, 0.3) is 5.91 Å². The molecular weight excluding hydrogens is 278 g/mol. The highest BCUT2D eigenvalue weighted by molar-refractivity contribution is 8.01. The van der Waals surface area contributed by atoms with Crippen molar-refractivity contribution in [3.05, 3.63) is 24.3 Å². The molecule has 1 N–H and O–H groups in total. The monoisotopic (exact) mass is 293 g/mol. The van der Waals surface area contributed by atoms with Crippen LogP contribution in [-0.4, -0.2) is 22.4 Å². The molecule has 2 rings (SSSR count). The van der Waals surface area contributed by atoms with Gasteiger partial charge in [0.05, 0.1) is 16.0 Å². The van der Waals surface area contributed by atoms with Gasteiger partial charge in [-0.2, -0.15) is 5.10 Å². The topological polar surface area (TPSA) is 54.4 Å². The third-order valence-corrected chi connectivity index (χ3v) is 4.66. The normalized spacial score (nSPS) is 11.8. The fraction of sp³-hybridized carbons (Fsp3) is 0.308. The van der Waals surface area contributed by atoms with E-state index in [9.17, 15) is 4.79 Å². The van der Waals surface area contributed by atoms with Crippen molar-refractivity contribution in [3.8, 4) is 0 Å². The number of thiazole rings is 1. The fourth-order valence-corrected chi connectivity index (χ4v) is 3.17. The Morgan fingerprint density at radius 2 is 2.26 bits per heavy atom. The van der Waals surface area contributed by atoms with Crippen LogP contribution in [0.25, 0.3) is 10.2 Å². The Bertz CT molecular complexity index is 574. The first kappa shape index (κ1) is 14.0. The average molecular weight is 293 g/mol. The van der Waals surface area contributed by atoms with E-state index in [1.807, 2.05) is 38.1 Å². The van der Waals surface area contributed by atoms with Crippen molar-refractivity contribution in [1.29, 1.82) is 0 Å². The molecule has 0 aliphatic rings. The molecule has 19 heavy (non-hydrogen) atoms. The predicted octanol–water partition coefficient (Wildman–Crippen LogP) is 3.29. The van der Waals surface area contributed by atoms with Gasteiger partial charge in [0.15, 0.2) is 4.34 Å². The minimum Gasteiger partial charge on any atom is -0.272 e. The van der Waals surface area contributed by atoms with Crippen LogP contribution in [0.3, 0.4) is 0 Å². The van der Waals surface area contributed by atoms with E-state index >= 15 is 0 Å². The highest BCUT2D eigenvalue weighted by Crippen LogP contribution is 2.28. The molecule has 1 aromatic carbocycles. The van der Waals surface area contributed by atoms with Gasteiger partial charge < -0.3 is 0 Å². The van der Waals surface area contributed by atoms with Gasteiger partial charge in [-0.3, -0.25) is 4.79 Å². The maximum Gasteiger partial charge on any atom is 0.250 e. The van der Waals surface area contributed by atoms with Gasteiger partial charge in [-0.1, -0.05) is 30.8 Å². The molecule has 0 unspecified atom stereocenters. The van der Waals surface area contributed by atoms with Crippen LogP contribution < -0.4 is 5.43 Å². The standard InChI is InChI=1S/C13H15N3OS2/c1-3-9(2)15-16-12(17)8-18-13-14-10-6-4-5-7-11(10)19-13/h4-7H,3,8H2,1-2H3,(H,16,17)/b15-9-. The second kappa shape index (κ2) is 6.68. The van der Waals surface area contributed by atoms with Crippen molar-refractivity contribution < 1.29 is 4.79 Å². The summed E-state index contributed by atoms with van der Waals surface area (Å²) in [7, 11) is 0. The lowest BCUT2D eigenvalue weighted by Gasteiger charge is -1.99. The van der Waals surface area contributed by atoms with Crippen LogP contribution in [0.4, 0.5) is 0 Å². The molecule has 0 spiro atoms. The molecule has 1 heterocycles. The Kier molecular flexibility index (Phi) is 4.93. The smallest absolute Gasteiger partial charge is 0.250 e. The first-order chi connectivity index (χ1) is 9.19. The van der Waals surface area contributed by atoms with Crippen molar-refractivity contribution in [2.24, 2.45) is 5.10 Å². The third-order valence-electron chi connectivity index (χ3n) is 2.48. The van der Waals surface area contributed by atoms with Gasteiger partial charge in [0.2, 0.25) is 0 Å². The van der Waals surface area contributed by atoms with Gasteiger partial charge in [-0.25, -0.2) is 10.4 Å². The summed E-state index contributed by atoms with van der Waals surface area (Å²) in [6, 6.07) is 7.96. The van der Waals surface area contributed by atoms with Crippen molar-refractivity contribution in [3.63, 3.8) is 0 Å². The van der Waals surface area contributed by atoms with Gasteiger partial charge >= 0.3 is 0 Å². The van der Waals surface area contributed by atoms with Gasteiger partial charge in [-0.15, -0.1) is 11.3 Å². The summed E-state index contributed by atoms with van der Waals surface area (Å²) in [5.74, 6) is 0.234. The molecule has 100 valence electrons. The van der Waals surface area contributed by atoms with Crippen LogP contribution in [0.1, 0.15) is 20.3 Å². The van der Waals surface area contributed by atoms with Crippen LogP contribution in [0, 0.1) is 0 Å². The molecule has 0 radical (unpaired) electrons. The van der Waals surface area contributed by atoms with E-state index < -0.39 is 0 Å². The maximum absolute atomic E-state index is 11.6. The number of hydrogen-bond donors (Lipinski definition) is 1. The van der Waals surface area contributed by atoms with E-state index in [2.05, 4.69) is 15.5 Å². The van der Waals surface area contributed by atoms with Gasteiger partial charge in [0, 0.05) is 5.71 Å². The second-order valence-electron chi connectivity index (χ2n) is 3.97. The number of aromatic nitrogens is 1. The fourth-order valence-electron chi connectivity index (χ4n) is 1.31. The first-order valence-corrected chi connectivity index (χ1v) is 7.79. The van der Waals surface area contributed by atoms with Gasteiger partial charge in [-0.05, 0) is 25.5 Å². The summed E-state index contributed by atoms with van der Waals surface area (Å²) < 4.78 is 2.05. The molecule has 4 nitrogen and oxygen atoms in total. The zero-order valence-electron chi connectivity index (χ0n) is 10.8. The van der Waals surface area contributed by atoms with Crippen LogP contribution in [0.2, 0.25) is 0 Å². The lowest BCUT2D eigenvalue weighted by Crippen LogP contribution is -2.20. The first-order valence-electron chi connectivity index (χ1n) is 5.99. The van der Waals surface area contributed by atoms with Crippen molar-refractivity contribution >= 4 is 44.9 Å². The summed E-state index contributed by atoms with van der Waals surface area (Å²) >= 11 is 3.04. The van der Waals surface area contributed by atoms with Crippen LogP contribution in [0.15, 0.2) is 33.7 Å². The number of para-hydroxylation sites is 1. The molecule has 0 atom stereocenters. The van der Waals surface area contributed by atoms with E-state index in [1.54, 1.807) is 11.3 Å². The summed E-state index contributed by atoms with van der Waals surface area (Å²) in [4.78, 5) is 16.1. The summed E-state index contributed by atoms with van der Waals surface area (Å²) in [6.07, 6.45) is 0.839. The van der Waals surface area contributed by atoms with E-state index in [0.29, 0.717) is 5.75 Å². The highest BCUT2D eigenvalue weighted by atomic mass is 32.2. The van der Waals surface area contributed by atoms with E-state index in [-0.39, 0.29) is 5.91 Å². The van der Waals surface area contributed by atoms with E-state index in [4.69, 9.17) is 0 Å². The summed E-state index contributed by atoms with van der Waals surface area (Å²) in [5.41, 5.74) is 4.44. The van der Waals surface area contributed by atoms with Crippen LogP contribution in [-0.2, 0) is 4.79 Å². The van der Waals surface area contributed by atoms with E-state index in [0.717, 1.165) is 26.7 Å². The number of carbonyl (C=O) groups is 1. The number of nitrogens with zero attached hydrogens (tertiary/aromatic N) is 2. The summed E-state index contributed by atoms with van der Waals surface area (Å²) in [5, 5.41) is 3.98. The van der Waals surface area contributed by atoms with Crippen molar-refractivity contribution in [1.82, 2.24) is 10.4 Å². The molecule has 0 aliphatic carbocycles. The molecule has 0 bridgehead atoms. The second-order valence-corrected chi connectivity index (χ2v) is 6.22. The van der Waals surface area contributed by atoms with Crippen LogP contribution in [0.5, 0.6) is 0 Å². The Labute approximate surface area is 120 Å². The third kappa shape index (κ3) is 4.04. The quantitative estimate of drug-likeness (QED) is 0.523. The number of hydrogen-bond acceptors (Lipinski definition) is 5. The van der Waals surface area contributed by atoms with Crippen molar-refractivity contribution in [2.45, 2.75) is 24.6 Å². The molecule has 0 fully saturated rings. The average Bonchev–Trinajstić information content (AvgIpc) is 2.85. The molecule has 1 amide bonds. The molecular formula is C13H15N3OS2. The SMILES string of the molecule is CC/C(C)=N\NC(=O)CSc1nc2ccccc2s1. The van der Waals surface area contributed by atoms with Gasteiger partial charge in [0.1, 0.15) is 0 Å². The molecule has 1 aromatic heterocycles. The van der Waals surface area contributed by atoms with Crippen LogP contribution >= 0.6 is 23.1 Å². The Morgan fingerprint density at radius 1 is 1.47 bits per heavy atom. The summed E-state index contributed by atoms with van der Waals surface area (Å²) in [6.45, 7) is 3.89. The minimum atomic E-state index is -0.0999. The molecule has 2 aromatic rings. The zero-order chi connectivity index (χ0) is 13.7. The molecule has 0 aliphatic heterocycles. The minimum absolute atomic E-state index is 0.0999. The number of thioether (sulfide) groups is 1. The Balaban J connectivity index is 1.90. The number of benzene rings is 1. The highest BCUT2D eigenvalue weighted by Gasteiger charge is 2.06. The number of carbonyl (C=O) groups excluding carboxylic acids is 1.